The van der Waals surface area contributed by atoms with E-state index in [0.29, 0.717) is 6.42 Å². The number of allylic oxidation sites excluding steroid dienone is 1. The maximum Gasteiger partial charge on any atom is 0.328 e. The number of nitrogens with zero attached hydrogens (tertiary/aromatic N) is 1. The highest BCUT2D eigenvalue weighted by Gasteiger charge is 2.13. The molecular formula is C6H7NO2. The van der Waals surface area contributed by atoms with Crippen molar-refractivity contribution in [2.45, 2.75) is 12.5 Å². The number of carboxylic acids is 1. The molecule has 1 rings (SSSR count). The Bertz CT molecular complexity index is 172. The van der Waals surface area contributed by atoms with Gasteiger partial charge in [0.05, 0.1) is 0 Å². The second kappa shape index (κ2) is 2.44. The highest BCUT2D eigenvalue weighted by Crippen LogP contribution is 2.02. The van der Waals surface area contributed by atoms with E-state index in [1.54, 1.807) is 12.2 Å². The predicted octanol–water partition coefficient (Wildman–Crippen LogP) is 0.470. The molecule has 1 aliphatic rings. The topological polar surface area (TPSA) is 49.7 Å². The Morgan fingerprint density at radius 3 is 2.89 bits per heavy atom. The molecule has 1 atom stereocenters. The standard InChI is InChI=1S/C6H7NO2/c8-6(9)5-3-1-2-4-7-5/h1-2,4-5H,3H2,(H,8,9)/t5-/m0/s1. The Kier molecular flexibility index (Phi) is 1.63. The van der Waals surface area contributed by atoms with Crippen LogP contribution in [0.15, 0.2) is 17.1 Å². The third-order valence-electron chi connectivity index (χ3n) is 1.13. The van der Waals surface area contributed by atoms with Crippen LogP contribution in [-0.2, 0) is 4.79 Å². The number of aliphatic carboxylic acids is 1. The lowest BCUT2D eigenvalue weighted by Crippen LogP contribution is -2.18. The van der Waals surface area contributed by atoms with Gasteiger partial charge in [-0.05, 0) is 12.5 Å². The first-order chi connectivity index (χ1) is 4.30. The van der Waals surface area contributed by atoms with Crippen LogP contribution in [0.4, 0.5) is 0 Å². The zero-order chi connectivity index (χ0) is 6.69. The number of hydrogen-bond acceptors (Lipinski definition) is 2. The van der Waals surface area contributed by atoms with E-state index >= 15 is 0 Å². The lowest BCUT2D eigenvalue weighted by molar-refractivity contribution is -0.138. The highest BCUT2D eigenvalue weighted by atomic mass is 16.4. The van der Waals surface area contributed by atoms with Gasteiger partial charge in [0.2, 0.25) is 0 Å². The van der Waals surface area contributed by atoms with Crippen LogP contribution in [0.3, 0.4) is 0 Å². The van der Waals surface area contributed by atoms with Gasteiger partial charge in [-0.15, -0.1) is 0 Å². The van der Waals surface area contributed by atoms with Gasteiger partial charge in [-0.25, -0.2) is 4.79 Å². The predicted molar refractivity (Wildman–Crippen MR) is 33.7 cm³/mol. The molecule has 48 valence electrons. The van der Waals surface area contributed by atoms with E-state index < -0.39 is 12.0 Å². The van der Waals surface area contributed by atoms with Crippen LogP contribution in [0, 0.1) is 0 Å². The van der Waals surface area contributed by atoms with Gasteiger partial charge >= 0.3 is 5.97 Å². The first-order valence-electron chi connectivity index (χ1n) is 2.72. The van der Waals surface area contributed by atoms with E-state index in [-0.39, 0.29) is 0 Å². The summed E-state index contributed by atoms with van der Waals surface area (Å²) in [6.45, 7) is 0. The van der Waals surface area contributed by atoms with Gasteiger partial charge in [-0.2, -0.15) is 0 Å². The molecule has 0 bridgehead atoms. The van der Waals surface area contributed by atoms with E-state index in [4.69, 9.17) is 5.11 Å². The van der Waals surface area contributed by atoms with Crippen LogP contribution in [0.1, 0.15) is 6.42 Å². The first-order valence-corrected chi connectivity index (χ1v) is 2.72. The molecule has 1 N–H and O–H groups in total. The largest absolute Gasteiger partial charge is 0.480 e. The molecule has 0 fully saturated rings. The first kappa shape index (κ1) is 6.01. The van der Waals surface area contributed by atoms with Crippen molar-refractivity contribution in [3.05, 3.63) is 12.2 Å². The Balaban J connectivity index is 2.56. The molecule has 0 radical (unpaired) electrons. The van der Waals surface area contributed by atoms with Crippen molar-refractivity contribution in [1.82, 2.24) is 0 Å². The molecule has 0 unspecified atom stereocenters. The molecule has 0 saturated carbocycles. The quantitative estimate of drug-likeness (QED) is 0.553. The summed E-state index contributed by atoms with van der Waals surface area (Å²) in [5.74, 6) is -0.851. The molecule has 3 heteroatoms. The summed E-state index contributed by atoms with van der Waals surface area (Å²) in [6.07, 6.45) is 5.58. The molecule has 1 aliphatic heterocycles. The smallest absolute Gasteiger partial charge is 0.328 e. The molecule has 0 amide bonds. The molecule has 0 aromatic rings. The van der Waals surface area contributed by atoms with Gasteiger partial charge < -0.3 is 5.11 Å². The van der Waals surface area contributed by atoms with Crippen LogP contribution >= 0.6 is 0 Å². The zero-order valence-corrected chi connectivity index (χ0v) is 4.82. The molecule has 3 nitrogen and oxygen atoms in total. The maximum absolute atomic E-state index is 10.2. The fourth-order valence-corrected chi connectivity index (χ4v) is 0.647. The van der Waals surface area contributed by atoms with Gasteiger partial charge in [0.1, 0.15) is 0 Å². The number of carboxylic acid groups (broad SMARTS) is 1. The molecule has 0 aromatic carbocycles. The average Bonchev–Trinajstić information content (AvgIpc) is 1.90. The number of carbonyl (C=O) groups is 1. The number of rotatable bonds is 1. The second-order valence-corrected chi connectivity index (χ2v) is 1.82. The van der Waals surface area contributed by atoms with Crippen molar-refractivity contribution in [2.24, 2.45) is 4.99 Å². The monoisotopic (exact) mass is 125 g/mol. The van der Waals surface area contributed by atoms with E-state index in [1.165, 1.54) is 6.21 Å². The summed E-state index contributed by atoms with van der Waals surface area (Å²) in [6, 6.07) is -0.546. The highest BCUT2D eigenvalue weighted by molar-refractivity contribution is 5.80. The summed E-state index contributed by atoms with van der Waals surface area (Å²) < 4.78 is 0. The number of aliphatic imine (C=N–C) groups is 1. The Hall–Kier alpha value is -1.12. The summed E-state index contributed by atoms with van der Waals surface area (Å²) in [5.41, 5.74) is 0. The fraction of sp³-hybridized carbons (Fsp3) is 0.333. The second-order valence-electron chi connectivity index (χ2n) is 1.82. The van der Waals surface area contributed by atoms with Crippen molar-refractivity contribution in [1.29, 1.82) is 0 Å². The van der Waals surface area contributed by atoms with Crippen molar-refractivity contribution in [3.8, 4) is 0 Å². The van der Waals surface area contributed by atoms with E-state index in [0.717, 1.165) is 0 Å². The van der Waals surface area contributed by atoms with Gasteiger partial charge in [0.25, 0.3) is 0 Å². The van der Waals surface area contributed by atoms with E-state index in [9.17, 15) is 4.79 Å². The van der Waals surface area contributed by atoms with Gasteiger partial charge in [0.15, 0.2) is 6.04 Å². The van der Waals surface area contributed by atoms with Crippen LogP contribution in [0.25, 0.3) is 0 Å². The number of hydrogen-bond donors (Lipinski definition) is 1. The SMILES string of the molecule is O=C(O)[C@@H]1CC=CC=N1. The van der Waals surface area contributed by atoms with Gasteiger partial charge in [0, 0.05) is 6.21 Å². The van der Waals surface area contributed by atoms with Crippen LogP contribution in [0.5, 0.6) is 0 Å². The minimum Gasteiger partial charge on any atom is -0.480 e. The molecule has 9 heavy (non-hydrogen) atoms. The van der Waals surface area contributed by atoms with Crippen LogP contribution < -0.4 is 0 Å². The molecule has 0 aromatic heterocycles. The third-order valence-corrected chi connectivity index (χ3v) is 1.13. The van der Waals surface area contributed by atoms with Crippen molar-refractivity contribution >= 4 is 12.2 Å². The maximum atomic E-state index is 10.2. The van der Waals surface area contributed by atoms with Crippen molar-refractivity contribution in [2.75, 3.05) is 0 Å². The average molecular weight is 125 g/mol. The molecule has 1 heterocycles. The number of dihydropyridines is 1. The van der Waals surface area contributed by atoms with Crippen LogP contribution in [-0.4, -0.2) is 23.3 Å². The lowest BCUT2D eigenvalue weighted by Gasteiger charge is -2.04. The molecule has 0 saturated heterocycles. The van der Waals surface area contributed by atoms with Crippen LogP contribution in [0.2, 0.25) is 0 Å². The molecular weight excluding hydrogens is 118 g/mol. The van der Waals surface area contributed by atoms with Gasteiger partial charge in [-0.1, -0.05) is 6.08 Å². The Morgan fingerprint density at radius 2 is 2.56 bits per heavy atom. The van der Waals surface area contributed by atoms with E-state index in [1.807, 2.05) is 0 Å². The normalized spacial score (nSPS) is 24.2. The minimum absolute atomic E-state index is 0.520. The summed E-state index contributed by atoms with van der Waals surface area (Å²) >= 11 is 0. The Morgan fingerprint density at radius 1 is 1.78 bits per heavy atom. The summed E-state index contributed by atoms with van der Waals surface area (Å²) in [4.78, 5) is 13.9. The summed E-state index contributed by atoms with van der Waals surface area (Å²) in [5, 5.41) is 8.39. The van der Waals surface area contributed by atoms with Crippen molar-refractivity contribution < 1.29 is 9.90 Å². The third kappa shape index (κ3) is 1.38. The Labute approximate surface area is 52.7 Å². The lowest BCUT2D eigenvalue weighted by atomic mass is 10.2. The van der Waals surface area contributed by atoms with Crippen molar-refractivity contribution in [3.63, 3.8) is 0 Å². The van der Waals surface area contributed by atoms with Gasteiger partial charge in [-0.3, -0.25) is 4.99 Å². The van der Waals surface area contributed by atoms with E-state index in [2.05, 4.69) is 4.99 Å². The fourth-order valence-electron chi connectivity index (χ4n) is 0.647. The molecule has 0 spiro atoms. The summed E-state index contributed by atoms with van der Waals surface area (Å²) in [7, 11) is 0. The molecule has 0 aliphatic carbocycles. The zero-order valence-electron chi connectivity index (χ0n) is 4.82. The minimum atomic E-state index is -0.851.